The molecule has 3 heterocycles. The Kier molecular flexibility index (Phi) is 2.06. The number of carboxylic acid groups (broad SMARTS) is 1. The third-order valence-corrected chi connectivity index (χ3v) is 3.40. The van der Waals surface area contributed by atoms with Crippen molar-refractivity contribution < 1.29 is 9.90 Å². The van der Waals surface area contributed by atoms with Gasteiger partial charge in [-0.05, 0) is 12.1 Å². The van der Waals surface area contributed by atoms with Crippen molar-refractivity contribution in [2.75, 3.05) is 0 Å². The summed E-state index contributed by atoms with van der Waals surface area (Å²) in [7, 11) is 0. The van der Waals surface area contributed by atoms with Crippen molar-refractivity contribution in [2.24, 2.45) is 0 Å². The first-order chi connectivity index (χ1) is 9.75. The fraction of sp³-hybridized carbons (Fsp3) is 0. The van der Waals surface area contributed by atoms with Gasteiger partial charge in [0.25, 0.3) is 0 Å². The molecule has 0 aliphatic carbocycles. The maximum absolute atomic E-state index is 11.3. The van der Waals surface area contributed by atoms with Gasteiger partial charge >= 0.3 is 5.97 Å². The molecule has 0 amide bonds. The van der Waals surface area contributed by atoms with Crippen molar-refractivity contribution in [2.45, 2.75) is 0 Å². The van der Waals surface area contributed by atoms with Gasteiger partial charge in [-0.2, -0.15) is 0 Å². The van der Waals surface area contributed by atoms with Crippen LogP contribution in [-0.4, -0.2) is 25.4 Å². The zero-order valence-electron chi connectivity index (χ0n) is 10.3. The Morgan fingerprint density at radius 3 is 2.80 bits per heavy atom. The Bertz CT molecular complexity index is 988. The molecule has 4 aromatic rings. The summed E-state index contributed by atoms with van der Waals surface area (Å²) >= 11 is 0. The van der Waals surface area contributed by atoms with E-state index in [1.54, 1.807) is 28.9 Å². The molecule has 0 bridgehead atoms. The lowest BCUT2D eigenvalue weighted by molar-refractivity contribution is 0.0698. The lowest BCUT2D eigenvalue weighted by Crippen LogP contribution is -2.00. The Balaban J connectivity index is 2.27. The van der Waals surface area contributed by atoms with Crippen LogP contribution < -0.4 is 0 Å². The number of benzene rings is 1. The van der Waals surface area contributed by atoms with Crippen LogP contribution in [0.4, 0.5) is 0 Å². The average molecular weight is 263 g/mol. The Labute approximate surface area is 113 Å². The molecule has 0 fully saturated rings. The maximum Gasteiger partial charge on any atom is 0.339 e. The third kappa shape index (κ3) is 1.34. The number of carbonyl (C=O) groups is 1. The van der Waals surface area contributed by atoms with E-state index in [9.17, 15) is 9.90 Å². The van der Waals surface area contributed by atoms with E-state index in [2.05, 4.69) is 9.97 Å². The molecule has 0 spiro atoms. The van der Waals surface area contributed by atoms with Crippen LogP contribution in [0.1, 0.15) is 10.4 Å². The fourth-order valence-corrected chi connectivity index (χ4v) is 2.48. The minimum absolute atomic E-state index is 0.176. The molecule has 0 saturated carbocycles. The van der Waals surface area contributed by atoms with Crippen LogP contribution in [-0.2, 0) is 0 Å². The Morgan fingerprint density at radius 1 is 1.10 bits per heavy atom. The molecule has 96 valence electrons. The number of carboxylic acids is 1. The number of rotatable bonds is 1. The van der Waals surface area contributed by atoms with Crippen molar-refractivity contribution in [1.29, 1.82) is 0 Å². The van der Waals surface area contributed by atoms with E-state index in [0.29, 0.717) is 11.3 Å². The third-order valence-electron chi connectivity index (χ3n) is 3.40. The number of pyridine rings is 2. The van der Waals surface area contributed by atoms with Gasteiger partial charge in [0.2, 0.25) is 0 Å². The highest BCUT2D eigenvalue weighted by molar-refractivity contribution is 6.05. The van der Waals surface area contributed by atoms with E-state index in [-0.39, 0.29) is 5.56 Å². The number of hydrogen-bond donors (Lipinski definition) is 1. The highest BCUT2D eigenvalue weighted by atomic mass is 16.4. The molecule has 0 unspecified atom stereocenters. The fourth-order valence-electron chi connectivity index (χ4n) is 2.48. The van der Waals surface area contributed by atoms with E-state index in [1.165, 1.54) is 0 Å². The number of aromatic nitrogens is 3. The summed E-state index contributed by atoms with van der Waals surface area (Å²) in [5.41, 5.74) is 1.98. The Morgan fingerprint density at radius 2 is 1.95 bits per heavy atom. The summed E-state index contributed by atoms with van der Waals surface area (Å²) in [6, 6.07) is 11.0. The molecule has 0 saturated heterocycles. The molecular weight excluding hydrogens is 254 g/mol. The number of aromatic carboxylic acids is 1. The molecule has 3 aromatic heterocycles. The normalized spacial score (nSPS) is 11.4. The predicted octanol–water partition coefficient (Wildman–Crippen LogP) is 2.73. The van der Waals surface area contributed by atoms with Gasteiger partial charge < -0.3 is 5.11 Å². The van der Waals surface area contributed by atoms with Crippen LogP contribution >= 0.6 is 0 Å². The van der Waals surface area contributed by atoms with Crippen LogP contribution in [0.3, 0.4) is 0 Å². The average Bonchev–Trinajstić information content (AvgIpc) is 2.86. The predicted molar refractivity (Wildman–Crippen MR) is 75.0 cm³/mol. The zero-order valence-corrected chi connectivity index (χ0v) is 10.3. The second-order valence-corrected chi connectivity index (χ2v) is 4.55. The summed E-state index contributed by atoms with van der Waals surface area (Å²) in [6.07, 6.45) is 3.55. The van der Waals surface area contributed by atoms with E-state index in [0.717, 1.165) is 16.3 Å². The number of fused-ring (bicyclic) bond motifs is 5. The van der Waals surface area contributed by atoms with Gasteiger partial charge in [-0.15, -0.1) is 0 Å². The van der Waals surface area contributed by atoms with Crippen LogP contribution in [0.2, 0.25) is 0 Å². The number of imidazole rings is 1. The second kappa shape index (κ2) is 3.77. The molecular formula is C15H9N3O2. The Hall–Kier alpha value is -2.95. The molecule has 5 heteroatoms. The molecule has 1 N–H and O–H groups in total. The van der Waals surface area contributed by atoms with Crippen molar-refractivity contribution in [3.05, 3.63) is 54.4 Å². The largest absolute Gasteiger partial charge is 0.478 e. The molecule has 0 aliphatic heterocycles. The van der Waals surface area contributed by atoms with Crippen molar-refractivity contribution in [3.8, 4) is 0 Å². The lowest BCUT2D eigenvalue weighted by atomic mass is 10.1. The van der Waals surface area contributed by atoms with Gasteiger partial charge in [0.15, 0.2) is 11.3 Å². The van der Waals surface area contributed by atoms with Crippen molar-refractivity contribution in [3.63, 3.8) is 0 Å². The van der Waals surface area contributed by atoms with Gasteiger partial charge in [-0.1, -0.05) is 24.3 Å². The summed E-state index contributed by atoms with van der Waals surface area (Å²) in [6.45, 7) is 0. The maximum atomic E-state index is 11.3. The summed E-state index contributed by atoms with van der Waals surface area (Å²) in [4.78, 5) is 20.2. The first kappa shape index (κ1) is 10.9. The second-order valence-electron chi connectivity index (χ2n) is 4.55. The van der Waals surface area contributed by atoms with Gasteiger partial charge in [0.1, 0.15) is 11.1 Å². The standard InChI is InChI=1S/C15H9N3O2/c19-15(20)11-6-3-7-18-13(11)17-12-10-5-2-1-4-9(10)8-16-14(12)18/h1-8H,(H,19,20). The van der Waals surface area contributed by atoms with Crippen molar-refractivity contribution in [1.82, 2.24) is 14.4 Å². The van der Waals surface area contributed by atoms with E-state index in [4.69, 9.17) is 0 Å². The number of nitrogens with zero attached hydrogens (tertiary/aromatic N) is 3. The molecule has 0 atom stereocenters. The van der Waals surface area contributed by atoms with E-state index >= 15 is 0 Å². The zero-order chi connectivity index (χ0) is 13.7. The molecule has 5 nitrogen and oxygen atoms in total. The molecule has 1 aromatic carbocycles. The van der Waals surface area contributed by atoms with Gasteiger partial charge in [0, 0.05) is 23.2 Å². The van der Waals surface area contributed by atoms with E-state index < -0.39 is 5.97 Å². The molecule has 0 radical (unpaired) electrons. The molecule has 0 aliphatic rings. The van der Waals surface area contributed by atoms with E-state index in [1.807, 2.05) is 24.3 Å². The highest BCUT2D eigenvalue weighted by Crippen LogP contribution is 2.24. The smallest absolute Gasteiger partial charge is 0.339 e. The van der Waals surface area contributed by atoms with Crippen LogP contribution in [0.15, 0.2) is 48.8 Å². The minimum atomic E-state index is -0.991. The molecule has 20 heavy (non-hydrogen) atoms. The molecule has 4 rings (SSSR count). The minimum Gasteiger partial charge on any atom is -0.478 e. The first-order valence-corrected chi connectivity index (χ1v) is 6.13. The quantitative estimate of drug-likeness (QED) is 0.573. The summed E-state index contributed by atoms with van der Waals surface area (Å²) < 4.78 is 1.71. The highest BCUT2D eigenvalue weighted by Gasteiger charge is 2.15. The monoisotopic (exact) mass is 263 g/mol. The van der Waals surface area contributed by atoms with Gasteiger partial charge in [-0.25, -0.2) is 14.8 Å². The number of hydrogen-bond acceptors (Lipinski definition) is 3. The van der Waals surface area contributed by atoms with Gasteiger partial charge in [-0.3, -0.25) is 4.40 Å². The van der Waals surface area contributed by atoms with Crippen LogP contribution in [0.25, 0.3) is 27.6 Å². The summed E-state index contributed by atoms with van der Waals surface area (Å²) in [5, 5.41) is 11.2. The van der Waals surface area contributed by atoms with Crippen molar-refractivity contribution >= 4 is 33.6 Å². The van der Waals surface area contributed by atoms with Crippen LogP contribution in [0, 0.1) is 0 Å². The summed E-state index contributed by atoms with van der Waals surface area (Å²) in [5.74, 6) is -0.991. The van der Waals surface area contributed by atoms with Crippen LogP contribution in [0.5, 0.6) is 0 Å². The topological polar surface area (TPSA) is 67.5 Å². The first-order valence-electron chi connectivity index (χ1n) is 6.13. The SMILES string of the molecule is O=C(O)c1cccn2c1nc1c3ccccc3cnc12. The van der Waals surface area contributed by atoms with Gasteiger partial charge in [0.05, 0.1) is 0 Å². The lowest BCUT2D eigenvalue weighted by Gasteiger charge is -1.98.